The Morgan fingerprint density at radius 2 is 0.515 bits per heavy atom. The standard InChI is InChI=1S/C96H67BN4Si2/c1-7-36-74(37-8-1)102(75-38-9-2-10-39-75,76-40-11-3-12-41-76)80-48-30-34-71(64-80)99-92-59-28-23-54-86(92)97-87-63-69(68-32-29-33-70(62-68)98-88-55-24-19-50-82(88)83-51-20-25-56-89(83)98)60-61-93(87)100(95-67-73(66-94(99)96(95)97)101-90-57-26-21-52-84(90)85-53-22-27-58-91(85)101)72-35-31-49-81(65-72)103(77-42-13-4-14-43-77,78-44-15-5-16-45-78)79-46-17-6-18-47-79/h1-67H. The highest BCUT2D eigenvalue weighted by atomic mass is 28.3. The van der Waals surface area contributed by atoms with Gasteiger partial charge in [0.05, 0.1) is 27.8 Å². The van der Waals surface area contributed by atoms with Crippen molar-refractivity contribution >= 4 is 158 Å². The van der Waals surface area contributed by atoms with Crippen molar-refractivity contribution in [2.75, 3.05) is 9.80 Å². The summed E-state index contributed by atoms with van der Waals surface area (Å²) in [6.07, 6.45) is 0. The first kappa shape index (κ1) is 60.2. The summed E-state index contributed by atoms with van der Waals surface area (Å²) in [6, 6.07) is 154. The van der Waals surface area contributed by atoms with Crippen molar-refractivity contribution in [1.82, 2.24) is 9.13 Å². The Morgan fingerprint density at radius 1 is 0.194 bits per heavy atom. The molecule has 0 unspecified atom stereocenters. The van der Waals surface area contributed by atoms with Gasteiger partial charge in [-0.1, -0.05) is 322 Å². The monoisotopic (exact) mass is 1340 g/mol. The van der Waals surface area contributed by atoms with Gasteiger partial charge in [0.2, 0.25) is 0 Å². The lowest BCUT2D eigenvalue weighted by Gasteiger charge is -2.45. The highest BCUT2D eigenvalue weighted by Gasteiger charge is 2.47. The molecule has 7 heteroatoms. The molecule has 2 aliphatic heterocycles. The van der Waals surface area contributed by atoms with Gasteiger partial charge >= 0.3 is 0 Å². The molecule has 2 aliphatic rings. The number of aromatic nitrogens is 2. The molecule has 0 bridgehead atoms. The maximum Gasteiger partial charge on any atom is 0.252 e. The molecular weight excluding hydrogens is 1280 g/mol. The number of nitrogens with zero attached hydrogens (tertiary/aromatic N) is 4. The third-order valence-electron chi connectivity index (χ3n) is 22.1. The van der Waals surface area contributed by atoms with E-state index in [-0.39, 0.29) is 6.71 Å². The zero-order chi connectivity index (χ0) is 68.0. The van der Waals surface area contributed by atoms with Crippen LogP contribution in [0.3, 0.4) is 0 Å². The minimum Gasteiger partial charge on any atom is -0.311 e. The largest absolute Gasteiger partial charge is 0.311 e. The summed E-state index contributed by atoms with van der Waals surface area (Å²) in [7, 11) is -6.10. The number of fused-ring (bicyclic) bond motifs is 10. The second-order valence-corrected chi connectivity index (χ2v) is 35.0. The van der Waals surface area contributed by atoms with Crippen LogP contribution in [0.2, 0.25) is 0 Å². The van der Waals surface area contributed by atoms with Gasteiger partial charge in [-0.25, -0.2) is 0 Å². The molecular formula is C96H67BN4Si2. The van der Waals surface area contributed by atoms with E-state index >= 15 is 0 Å². The molecule has 0 spiro atoms. The minimum absolute atomic E-state index is 0.194. The van der Waals surface area contributed by atoms with Gasteiger partial charge in [-0.05, 0) is 154 Å². The Labute approximate surface area is 602 Å². The predicted molar refractivity (Wildman–Crippen MR) is 442 cm³/mol. The van der Waals surface area contributed by atoms with Crippen LogP contribution in [-0.4, -0.2) is 32.0 Å². The fourth-order valence-electron chi connectivity index (χ4n) is 17.9. The van der Waals surface area contributed by atoms with Gasteiger partial charge in [-0.15, -0.1) is 0 Å². The zero-order valence-corrected chi connectivity index (χ0v) is 58.5. The minimum atomic E-state index is -3.06. The van der Waals surface area contributed by atoms with E-state index < -0.39 is 16.1 Å². The molecule has 4 heterocycles. The summed E-state index contributed by atoms with van der Waals surface area (Å²) in [5, 5.41) is 15.5. The number of hydrogen-bond acceptors (Lipinski definition) is 2. The van der Waals surface area contributed by atoms with E-state index in [9.17, 15) is 0 Å². The topological polar surface area (TPSA) is 16.3 Å². The van der Waals surface area contributed by atoms with Gasteiger partial charge in [0.15, 0.2) is 16.1 Å². The fourth-order valence-corrected chi connectivity index (χ4v) is 27.5. The normalized spacial score (nSPS) is 12.6. The van der Waals surface area contributed by atoms with Crippen LogP contribution in [-0.2, 0) is 0 Å². The van der Waals surface area contributed by atoms with Crippen molar-refractivity contribution < 1.29 is 0 Å². The van der Waals surface area contributed by atoms with Gasteiger partial charge in [0.25, 0.3) is 6.71 Å². The van der Waals surface area contributed by atoms with Gasteiger partial charge in [-0.3, -0.25) is 0 Å². The summed E-state index contributed by atoms with van der Waals surface area (Å²) in [4.78, 5) is 5.27. The fraction of sp³-hybridized carbons (Fsp3) is 0. The zero-order valence-electron chi connectivity index (χ0n) is 56.5. The Morgan fingerprint density at radius 3 is 0.932 bits per heavy atom. The molecule has 0 atom stereocenters. The molecule has 0 saturated carbocycles. The first-order valence-corrected chi connectivity index (χ1v) is 39.8. The summed E-state index contributed by atoms with van der Waals surface area (Å²) in [5.41, 5.74) is 19.7. The quantitative estimate of drug-likeness (QED) is 0.0845. The van der Waals surface area contributed by atoms with E-state index in [1.54, 1.807) is 0 Å². The smallest absolute Gasteiger partial charge is 0.252 e. The SMILES string of the molecule is c1ccc([Si](c2ccccc2)(c2ccccc2)c2cccc(N3c4ccccc4B4c5cc(-c6cccc(-n7c8ccccc8c8ccccc87)c6)ccc5N(c5cccc([Si](c6ccccc6)(c6ccccc6)c6ccccc6)c5)c5cc(-n6c7ccccc7c7ccccc76)cc3c54)c2)cc1. The first-order chi connectivity index (χ1) is 51.1. The Balaban J connectivity index is 0.887. The van der Waals surface area contributed by atoms with Crippen molar-refractivity contribution in [3.8, 4) is 22.5 Å². The van der Waals surface area contributed by atoms with E-state index in [1.807, 2.05) is 0 Å². The molecule has 16 aromatic carbocycles. The second kappa shape index (κ2) is 24.5. The molecule has 18 aromatic rings. The summed E-state index contributed by atoms with van der Waals surface area (Å²) < 4.78 is 4.97. The van der Waals surface area contributed by atoms with Crippen LogP contribution in [0.1, 0.15) is 0 Å². The van der Waals surface area contributed by atoms with Crippen LogP contribution in [0, 0.1) is 0 Å². The lowest BCUT2D eigenvalue weighted by atomic mass is 9.33. The molecule has 0 N–H and O–H groups in total. The molecule has 0 amide bonds. The van der Waals surface area contributed by atoms with Gasteiger partial charge < -0.3 is 18.9 Å². The van der Waals surface area contributed by atoms with E-state index in [0.29, 0.717) is 0 Å². The van der Waals surface area contributed by atoms with Gasteiger partial charge in [-0.2, -0.15) is 0 Å². The van der Waals surface area contributed by atoms with Crippen LogP contribution in [0.4, 0.5) is 34.1 Å². The number of hydrogen-bond donors (Lipinski definition) is 0. The Bertz CT molecular complexity index is 5960. The molecule has 0 aliphatic carbocycles. The summed E-state index contributed by atoms with van der Waals surface area (Å²) in [5.74, 6) is 0. The van der Waals surface area contributed by atoms with E-state index in [0.717, 1.165) is 67.7 Å². The second-order valence-electron chi connectivity index (χ2n) is 27.4. The van der Waals surface area contributed by atoms with Crippen molar-refractivity contribution in [3.05, 3.63) is 406 Å². The summed E-state index contributed by atoms with van der Waals surface area (Å²) in [6.45, 7) is -0.194. The number of para-hydroxylation sites is 5. The van der Waals surface area contributed by atoms with Crippen LogP contribution in [0.15, 0.2) is 406 Å². The van der Waals surface area contributed by atoms with Crippen LogP contribution < -0.4 is 67.7 Å². The van der Waals surface area contributed by atoms with Gasteiger partial charge in [0.1, 0.15) is 0 Å². The van der Waals surface area contributed by atoms with Crippen molar-refractivity contribution in [2.45, 2.75) is 0 Å². The molecule has 2 aromatic heterocycles. The third kappa shape index (κ3) is 9.36. The van der Waals surface area contributed by atoms with Crippen molar-refractivity contribution in [3.63, 3.8) is 0 Å². The maximum absolute atomic E-state index is 3.06. The maximum atomic E-state index is 2.64. The summed E-state index contributed by atoms with van der Waals surface area (Å²) >= 11 is 0. The van der Waals surface area contributed by atoms with E-state index in [2.05, 4.69) is 425 Å². The average Bonchev–Trinajstić information content (AvgIpc) is 0.850. The molecule has 4 nitrogen and oxygen atoms in total. The predicted octanol–water partition coefficient (Wildman–Crippen LogP) is 16.4. The van der Waals surface area contributed by atoms with Crippen molar-refractivity contribution in [2.24, 2.45) is 0 Å². The number of rotatable bonds is 13. The molecule has 20 rings (SSSR count). The third-order valence-corrected chi connectivity index (χ3v) is 31.7. The van der Waals surface area contributed by atoms with Crippen LogP contribution >= 0.6 is 0 Å². The van der Waals surface area contributed by atoms with Crippen LogP contribution in [0.25, 0.3) is 66.1 Å². The molecule has 482 valence electrons. The van der Waals surface area contributed by atoms with E-state index in [1.165, 1.54) is 90.5 Å². The molecule has 103 heavy (non-hydrogen) atoms. The molecule has 0 fully saturated rings. The van der Waals surface area contributed by atoms with Crippen molar-refractivity contribution in [1.29, 1.82) is 0 Å². The highest BCUT2D eigenvalue weighted by Crippen LogP contribution is 2.47. The van der Waals surface area contributed by atoms with Crippen LogP contribution in [0.5, 0.6) is 0 Å². The Kier molecular flexibility index (Phi) is 14.3. The lowest BCUT2D eigenvalue weighted by molar-refractivity contribution is 1.16. The number of anilines is 6. The average molecular weight is 1340 g/mol. The number of benzene rings is 16. The Hall–Kier alpha value is -12.8. The lowest BCUT2D eigenvalue weighted by Crippen LogP contribution is -2.74. The van der Waals surface area contributed by atoms with E-state index in [4.69, 9.17) is 0 Å². The highest BCUT2D eigenvalue weighted by molar-refractivity contribution is 7.20. The molecule has 0 radical (unpaired) electrons. The van der Waals surface area contributed by atoms with Gasteiger partial charge in [0, 0.05) is 61.4 Å². The molecule has 0 saturated heterocycles. The first-order valence-electron chi connectivity index (χ1n) is 35.8.